The molecule has 0 spiro atoms. The van der Waals surface area contributed by atoms with Crippen molar-refractivity contribution in [3.05, 3.63) is 34.9 Å². The quantitative estimate of drug-likeness (QED) is 0.796. The molecule has 1 nitrogen and oxygen atoms in total. The summed E-state index contributed by atoms with van der Waals surface area (Å²) in [7, 11) is 0. The smallest absolute Gasteiger partial charge is 0.0406 e. The fraction of sp³-hybridized carbons (Fsp3) is 0.500. The highest BCUT2D eigenvalue weighted by atomic mass is 35.5. The molecule has 2 unspecified atom stereocenters. The molecule has 2 N–H and O–H groups in total. The van der Waals surface area contributed by atoms with Crippen LogP contribution in [0.3, 0.4) is 0 Å². The number of nitrogens with two attached hydrogens (primary N) is 1. The zero-order chi connectivity index (χ0) is 9.97. The monoisotopic (exact) mass is 209 g/mol. The van der Waals surface area contributed by atoms with Gasteiger partial charge in [-0.3, -0.25) is 0 Å². The van der Waals surface area contributed by atoms with Gasteiger partial charge in [-0.25, -0.2) is 0 Å². The first-order valence-electron chi connectivity index (χ1n) is 5.26. The third kappa shape index (κ3) is 2.28. The lowest BCUT2D eigenvalue weighted by molar-refractivity contribution is 0.479. The molecule has 1 aliphatic carbocycles. The molecule has 2 rings (SSSR count). The van der Waals surface area contributed by atoms with Crippen LogP contribution in [0.15, 0.2) is 24.3 Å². The summed E-state index contributed by atoms with van der Waals surface area (Å²) in [6.07, 6.45) is 4.87. The SMILES string of the molecule is NC1CCCC1Cc1ccc(Cl)cc1. The van der Waals surface area contributed by atoms with Crippen molar-refractivity contribution >= 4 is 11.6 Å². The lowest BCUT2D eigenvalue weighted by Gasteiger charge is -2.14. The van der Waals surface area contributed by atoms with Gasteiger partial charge in [0, 0.05) is 11.1 Å². The van der Waals surface area contributed by atoms with Gasteiger partial charge in [0.15, 0.2) is 0 Å². The van der Waals surface area contributed by atoms with Gasteiger partial charge in [-0.15, -0.1) is 0 Å². The molecule has 1 aromatic carbocycles. The minimum atomic E-state index is 0.408. The van der Waals surface area contributed by atoms with Crippen LogP contribution in [0.4, 0.5) is 0 Å². The van der Waals surface area contributed by atoms with Gasteiger partial charge >= 0.3 is 0 Å². The Kier molecular flexibility index (Phi) is 3.09. The summed E-state index contributed by atoms with van der Waals surface area (Å²) in [5.74, 6) is 0.677. The molecule has 0 aromatic heterocycles. The summed E-state index contributed by atoms with van der Waals surface area (Å²) >= 11 is 5.83. The van der Waals surface area contributed by atoms with Crippen molar-refractivity contribution in [3.63, 3.8) is 0 Å². The maximum atomic E-state index is 6.03. The molecule has 0 amide bonds. The molecule has 1 aromatic rings. The number of hydrogen-bond donors (Lipinski definition) is 1. The number of benzene rings is 1. The lowest BCUT2D eigenvalue weighted by atomic mass is 9.95. The van der Waals surface area contributed by atoms with Crippen molar-refractivity contribution in [1.29, 1.82) is 0 Å². The van der Waals surface area contributed by atoms with Crippen LogP contribution in [-0.4, -0.2) is 6.04 Å². The Bertz CT molecular complexity index is 294. The molecule has 2 atom stereocenters. The van der Waals surface area contributed by atoms with E-state index in [4.69, 9.17) is 17.3 Å². The van der Waals surface area contributed by atoms with Crippen molar-refractivity contribution in [1.82, 2.24) is 0 Å². The zero-order valence-electron chi connectivity index (χ0n) is 8.25. The summed E-state index contributed by atoms with van der Waals surface area (Å²) in [5.41, 5.74) is 7.39. The summed E-state index contributed by atoms with van der Waals surface area (Å²) in [4.78, 5) is 0. The second-order valence-electron chi connectivity index (χ2n) is 4.19. The number of rotatable bonds is 2. The molecule has 0 saturated heterocycles. The molecular formula is C12H16ClN. The third-order valence-electron chi connectivity index (χ3n) is 3.13. The van der Waals surface area contributed by atoms with E-state index < -0.39 is 0 Å². The highest BCUT2D eigenvalue weighted by molar-refractivity contribution is 6.30. The Morgan fingerprint density at radius 3 is 2.50 bits per heavy atom. The number of halogens is 1. The van der Waals surface area contributed by atoms with Gasteiger partial charge in [-0.05, 0) is 42.9 Å². The lowest BCUT2D eigenvalue weighted by Crippen LogP contribution is -2.25. The standard InChI is InChI=1S/C12H16ClN/c13-11-6-4-9(5-7-11)8-10-2-1-3-12(10)14/h4-7,10,12H,1-3,8,14H2. The molecule has 14 heavy (non-hydrogen) atoms. The van der Waals surface area contributed by atoms with Crippen LogP contribution < -0.4 is 5.73 Å². The van der Waals surface area contributed by atoms with Gasteiger partial charge in [0.1, 0.15) is 0 Å². The number of hydrogen-bond acceptors (Lipinski definition) is 1. The summed E-state index contributed by atoms with van der Waals surface area (Å²) in [6, 6.07) is 8.53. The fourth-order valence-electron chi connectivity index (χ4n) is 2.24. The Balaban J connectivity index is 2.00. The van der Waals surface area contributed by atoms with Gasteiger partial charge in [0.05, 0.1) is 0 Å². The van der Waals surface area contributed by atoms with Crippen molar-refractivity contribution in [2.75, 3.05) is 0 Å². The molecule has 2 heteroatoms. The normalized spacial score (nSPS) is 26.7. The average Bonchev–Trinajstić information content (AvgIpc) is 2.56. The van der Waals surface area contributed by atoms with Gasteiger partial charge < -0.3 is 5.73 Å². The molecule has 0 radical (unpaired) electrons. The summed E-state index contributed by atoms with van der Waals surface area (Å²) in [5, 5.41) is 0.810. The van der Waals surface area contributed by atoms with E-state index in [1.54, 1.807) is 0 Å². The first-order chi connectivity index (χ1) is 6.75. The van der Waals surface area contributed by atoms with Crippen molar-refractivity contribution in [2.45, 2.75) is 31.7 Å². The van der Waals surface area contributed by atoms with Crippen LogP contribution in [0.25, 0.3) is 0 Å². The molecule has 1 fully saturated rings. The largest absolute Gasteiger partial charge is 0.327 e. The molecule has 76 valence electrons. The molecule has 0 heterocycles. The van der Waals surface area contributed by atoms with Crippen LogP contribution in [0.2, 0.25) is 5.02 Å². The molecule has 0 bridgehead atoms. The zero-order valence-corrected chi connectivity index (χ0v) is 9.00. The maximum Gasteiger partial charge on any atom is 0.0406 e. The van der Waals surface area contributed by atoms with E-state index >= 15 is 0 Å². The van der Waals surface area contributed by atoms with Gasteiger partial charge in [-0.1, -0.05) is 30.2 Å². The Morgan fingerprint density at radius 1 is 1.21 bits per heavy atom. The predicted octanol–water partition coefficient (Wildman–Crippen LogP) is 3.01. The molecule has 0 aliphatic heterocycles. The van der Waals surface area contributed by atoms with Crippen LogP contribution in [0.1, 0.15) is 24.8 Å². The first-order valence-corrected chi connectivity index (χ1v) is 5.63. The van der Waals surface area contributed by atoms with Crippen LogP contribution in [0.5, 0.6) is 0 Å². The van der Waals surface area contributed by atoms with Crippen LogP contribution in [-0.2, 0) is 6.42 Å². The Labute approximate surface area is 90.3 Å². The van der Waals surface area contributed by atoms with Crippen LogP contribution in [0, 0.1) is 5.92 Å². The second-order valence-corrected chi connectivity index (χ2v) is 4.62. The minimum Gasteiger partial charge on any atom is -0.327 e. The van der Waals surface area contributed by atoms with E-state index in [1.165, 1.54) is 24.8 Å². The molecular weight excluding hydrogens is 194 g/mol. The average molecular weight is 210 g/mol. The van der Waals surface area contributed by atoms with Crippen molar-refractivity contribution in [3.8, 4) is 0 Å². The van der Waals surface area contributed by atoms with Gasteiger partial charge in [0.25, 0.3) is 0 Å². The second kappa shape index (κ2) is 4.33. The van der Waals surface area contributed by atoms with Gasteiger partial charge in [0.2, 0.25) is 0 Å². The Hall–Kier alpha value is -0.530. The van der Waals surface area contributed by atoms with Crippen molar-refractivity contribution in [2.24, 2.45) is 11.7 Å². The van der Waals surface area contributed by atoms with E-state index in [-0.39, 0.29) is 0 Å². The first kappa shape index (κ1) is 10.0. The van der Waals surface area contributed by atoms with Crippen LogP contribution >= 0.6 is 11.6 Å². The van der Waals surface area contributed by atoms with Crippen molar-refractivity contribution < 1.29 is 0 Å². The van der Waals surface area contributed by atoms with E-state index in [2.05, 4.69) is 12.1 Å². The van der Waals surface area contributed by atoms with E-state index in [0.29, 0.717) is 12.0 Å². The topological polar surface area (TPSA) is 26.0 Å². The van der Waals surface area contributed by atoms with E-state index in [0.717, 1.165) is 11.4 Å². The predicted molar refractivity (Wildman–Crippen MR) is 60.5 cm³/mol. The van der Waals surface area contributed by atoms with E-state index in [9.17, 15) is 0 Å². The summed E-state index contributed by atoms with van der Waals surface area (Å²) < 4.78 is 0. The van der Waals surface area contributed by atoms with E-state index in [1.807, 2.05) is 12.1 Å². The highest BCUT2D eigenvalue weighted by Gasteiger charge is 2.23. The minimum absolute atomic E-state index is 0.408. The Morgan fingerprint density at radius 2 is 1.93 bits per heavy atom. The molecule has 1 saturated carbocycles. The van der Waals surface area contributed by atoms with Gasteiger partial charge in [-0.2, -0.15) is 0 Å². The third-order valence-corrected chi connectivity index (χ3v) is 3.38. The fourth-order valence-corrected chi connectivity index (χ4v) is 2.37. The molecule has 1 aliphatic rings. The highest BCUT2D eigenvalue weighted by Crippen LogP contribution is 2.27. The maximum absolute atomic E-state index is 6.03. The summed E-state index contributed by atoms with van der Waals surface area (Å²) in [6.45, 7) is 0.